The van der Waals surface area contributed by atoms with Gasteiger partial charge in [0.2, 0.25) is 0 Å². The maximum atomic E-state index is 13.6. The van der Waals surface area contributed by atoms with E-state index in [1.165, 1.54) is 12.0 Å². The van der Waals surface area contributed by atoms with Crippen LogP contribution >= 0.6 is 0 Å². The maximum absolute atomic E-state index is 13.6. The van der Waals surface area contributed by atoms with Crippen LogP contribution in [-0.2, 0) is 11.2 Å². The molecule has 8 nitrogen and oxygen atoms in total. The van der Waals surface area contributed by atoms with Crippen molar-refractivity contribution in [2.45, 2.75) is 70.6 Å². The van der Waals surface area contributed by atoms with Gasteiger partial charge in [-0.3, -0.25) is 9.69 Å². The summed E-state index contributed by atoms with van der Waals surface area (Å²) in [6.07, 6.45) is 6.36. The Bertz CT molecular complexity index is 1110. The maximum Gasteiger partial charge on any atom is 0.319 e. The number of urea groups is 1. The van der Waals surface area contributed by atoms with E-state index >= 15 is 0 Å². The molecule has 3 amide bonds. The molecule has 3 atom stereocenters. The average Bonchev–Trinajstić information content (AvgIpc) is 2.97. The van der Waals surface area contributed by atoms with E-state index in [0.29, 0.717) is 30.2 Å². The van der Waals surface area contributed by atoms with Crippen molar-refractivity contribution in [1.82, 2.24) is 15.1 Å². The monoisotopic (exact) mass is 550 g/mol. The number of nitrogens with zero attached hydrogens (tertiary/aromatic N) is 2. The van der Waals surface area contributed by atoms with E-state index in [-0.39, 0.29) is 36.0 Å². The smallest absolute Gasteiger partial charge is 0.319 e. The number of anilines is 1. The predicted molar refractivity (Wildman–Crippen MR) is 159 cm³/mol. The summed E-state index contributed by atoms with van der Waals surface area (Å²) < 4.78 is 12.2. The summed E-state index contributed by atoms with van der Waals surface area (Å²) in [6.45, 7) is 6.99. The zero-order valence-corrected chi connectivity index (χ0v) is 24.5. The van der Waals surface area contributed by atoms with Crippen molar-refractivity contribution < 1.29 is 19.1 Å². The zero-order valence-electron chi connectivity index (χ0n) is 24.5. The molecule has 0 unspecified atom stereocenters. The van der Waals surface area contributed by atoms with Crippen molar-refractivity contribution >= 4 is 17.6 Å². The highest BCUT2D eigenvalue weighted by Gasteiger charge is 2.28. The van der Waals surface area contributed by atoms with Crippen LogP contribution in [0.25, 0.3) is 0 Å². The predicted octanol–water partition coefficient (Wildman–Crippen LogP) is 5.19. The van der Waals surface area contributed by atoms with Crippen LogP contribution < -0.4 is 15.4 Å². The number of nitrogens with one attached hydrogen (secondary N) is 2. The number of carbonyl (C=O) groups is 2. The minimum Gasteiger partial charge on any atom is -0.491 e. The Labute approximate surface area is 239 Å². The Morgan fingerprint density at radius 3 is 2.52 bits per heavy atom. The highest BCUT2D eigenvalue weighted by atomic mass is 16.5. The van der Waals surface area contributed by atoms with Crippen LogP contribution in [0, 0.1) is 5.92 Å². The van der Waals surface area contributed by atoms with E-state index in [1.807, 2.05) is 6.07 Å². The molecule has 0 bridgehead atoms. The number of carbonyl (C=O) groups excluding carboxylic acids is 2. The first-order valence-corrected chi connectivity index (χ1v) is 14.7. The number of amides is 3. The Morgan fingerprint density at radius 1 is 1.05 bits per heavy atom. The number of likely N-dealkylation sites (N-methyl/N-ethyl adjacent to an activating group) is 1. The van der Waals surface area contributed by atoms with Crippen LogP contribution in [0.2, 0.25) is 0 Å². The summed E-state index contributed by atoms with van der Waals surface area (Å²) in [5, 5.41) is 6.00. The van der Waals surface area contributed by atoms with Gasteiger partial charge < -0.3 is 25.0 Å². The first kappa shape index (κ1) is 29.9. The molecule has 0 spiro atoms. The Hall–Kier alpha value is -3.10. The topological polar surface area (TPSA) is 83.1 Å². The number of ether oxygens (including phenoxy) is 2. The summed E-state index contributed by atoms with van der Waals surface area (Å²) in [7, 11) is 3.51. The van der Waals surface area contributed by atoms with Gasteiger partial charge in [0.15, 0.2) is 0 Å². The van der Waals surface area contributed by atoms with Gasteiger partial charge in [-0.1, -0.05) is 56.5 Å². The third-order valence-corrected chi connectivity index (χ3v) is 8.30. The number of fused-ring (bicyclic) bond motifs is 1. The van der Waals surface area contributed by atoms with E-state index in [9.17, 15) is 9.59 Å². The molecule has 0 radical (unpaired) electrons. The summed E-state index contributed by atoms with van der Waals surface area (Å²) in [4.78, 5) is 30.5. The van der Waals surface area contributed by atoms with Gasteiger partial charge in [-0.15, -0.1) is 0 Å². The molecule has 1 aliphatic carbocycles. The van der Waals surface area contributed by atoms with Crippen molar-refractivity contribution in [2.75, 3.05) is 45.7 Å². The second-order valence-corrected chi connectivity index (χ2v) is 11.5. The molecule has 8 heteroatoms. The number of hydrogen-bond donors (Lipinski definition) is 2. The lowest BCUT2D eigenvalue weighted by Gasteiger charge is -2.36. The standard InChI is InChI=1S/C32H46N4O4/c1-23-20-36(18-17-25-11-7-5-8-12-25)24(2)22-40-29-16-15-27(34-32(38)33-26-13-9-6-10-14-26)19-28(29)31(37)35(3)21-30(23)39-4/h5,7-8,11-12,15-16,19,23-24,26,30H,6,9-10,13-14,17-18,20-22H2,1-4H3,(H2,33,34,38)/t23-,24-,30-/m0/s1. The normalized spacial score (nSPS) is 23.4. The average molecular weight is 551 g/mol. The molecule has 2 aliphatic rings. The summed E-state index contributed by atoms with van der Waals surface area (Å²) in [5.74, 6) is 0.566. The number of methoxy groups -OCH3 is 1. The first-order valence-electron chi connectivity index (χ1n) is 14.7. The molecule has 218 valence electrons. The molecule has 40 heavy (non-hydrogen) atoms. The third-order valence-electron chi connectivity index (χ3n) is 8.30. The van der Waals surface area contributed by atoms with Crippen LogP contribution in [-0.4, -0.2) is 80.3 Å². The van der Waals surface area contributed by atoms with Gasteiger partial charge in [-0.2, -0.15) is 0 Å². The molecule has 0 saturated heterocycles. The second-order valence-electron chi connectivity index (χ2n) is 11.5. The van der Waals surface area contributed by atoms with Crippen molar-refractivity contribution in [2.24, 2.45) is 5.92 Å². The zero-order chi connectivity index (χ0) is 28.5. The molecule has 0 aromatic heterocycles. The van der Waals surface area contributed by atoms with Crippen molar-refractivity contribution in [3.8, 4) is 5.75 Å². The fraction of sp³-hybridized carbons (Fsp3) is 0.562. The Kier molecular flexibility index (Phi) is 10.8. The number of benzene rings is 2. The first-order chi connectivity index (χ1) is 19.3. The van der Waals surface area contributed by atoms with Crippen molar-refractivity contribution in [1.29, 1.82) is 0 Å². The van der Waals surface area contributed by atoms with E-state index in [1.54, 1.807) is 37.3 Å². The van der Waals surface area contributed by atoms with Gasteiger partial charge in [0.05, 0.1) is 11.7 Å². The molecule has 2 N–H and O–H groups in total. The van der Waals surface area contributed by atoms with Gasteiger partial charge in [-0.25, -0.2) is 4.79 Å². The molecule has 2 aromatic rings. The number of hydrogen-bond acceptors (Lipinski definition) is 5. The summed E-state index contributed by atoms with van der Waals surface area (Å²) in [6, 6.07) is 15.9. The van der Waals surface area contributed by atoms with Crippen LogP contribution in [0.5, 0.6) is 5.75 Å². The highest BCUT2D eigenvalue weighted by Crippen LogP contribution is 2.27. The second kappa shape index (κ2) is 14.5. The summed E-state index contributed by atoms with van der Waals surface area (Å²) >= 11 is 0. The van der Waals surface area contributed by atoms with Crippen LogP contribution in [0.1, 0.15) is 61.9 Å². The Morgan fingerprint density at radius 2 is 1.80 bits per heavy atom. The van der Waals surface area contributed by atoms with Crippen LogP contribution in [0.3, 0.4) is 0 Å². The Balaban J connectivity index is 1.52. The van der Waals surface area contributed by atoms with Gasteiger partial charge >= 0.3 is 6.03 Å². The van der Waals surface area contributed by atoms with Gasteiger partial charge in [0.1, 0.15) is 12.4 Å². The summed E-state index contributed by atoms with van der Waals surface area (Å²) in [5.41, 5.74) is 2.31. The quantitative estimate of drug-likeness (QED) is 0.517. The lowest BCUT2D eigenvalue weighted by Crippen LogP contribution is -2.47. The van der Waals surface area contributed by atoms with Crippen LogP contribution in [0.4, 0.5) is 10.5 Å². The largest absolute Gasteiger partial charge is 0.491 e. The third kappa shape index (κ3) is 8.21. The SMILES string of the molecule is CO[C@H]1CN(C)C(=O)c2cc(NC(=O)NC3CCCCC3)ccc2OC[C@H](C)N(CCc2ccccc2)C[C@@H]1C. The fourth-order valence-electron chi connectivity index (χ4n) is 5.76. The van der Waals surface area contributed by atoms with Gasteiger partial charge in [0, 0.05) is 51.6 Å². The van der Waals surface area contributed by atoms with Crippen LogP contribution in [0.15, 0.2) is 48.5 Å². The molecule has 4 rings (SSSR count). The fourth-order valence-corrected chi connectivity index (χ4v) is 5.76. The van der Waals surface area contributed by atoms with Gasteiger partial charge in [-0.05, 0) is 55.9 Å². The highest BCUT2D eigenvalue weighted by molar-refractivity contribution is 5.99. The molecule has 2 aromatic carbocycles. The minimum absolute atomic E-state index is 0.119. The molecule has 1 heterocycles. The lowest BCUT2D eigenvalue weighted by molar-refractivity contribution is 0.0109. The van der Waals surface area contributed by atoms with E-state index in [4.69, 9.17) is 9.47 Å². The molecular weight excluding hydrogens is 504 g/mol. The molecule has 1 saturated carbocycles. The lowest BCUT2D eigenvalue weighted by atomic mass is 9.96. The molecule has 1 aliphatic heterocycles. The van der Waals surface area contributed by atoms with E-state index in [0.717, 1.165) is 45.2 Å². The van der Waals surface area contributed by atoms with E-state index < -0.39 is 0 Å². The van der Waals surface area contributed by atoms with Crippen molar-refractivity contribution in [3.05, 3.63) is 59.7 Å². The molecular formula is C32H46N4O4. The number of rotatable bonds is 6. The molecule has 1 fully saturated rings. The van der Waals surface area contributed by atoms with E-state index in [2.05, 4.69) is 53.6 Å². The van der Waals surface area contributed by atoms with Gasteiger partial charge in [0.25, 0.3) is 5.91 Å². The minimum atomic E-state index is -0.238. The van der Waals surface area contributed by atoms with Crippen molar-refractivity contribution in [3.63, 3.8) is 0 Å².